The lowest BCUT2D eigenvalue weighted by molar-refractivity contribution is 0.284. The van der Waals surface area contributed by atoms with E-state index in [9.17, 15) is 0 Å². The molecule has 146 valence electrons. The molecule has 4 aromatic rings. The Morgan fingerprint density at radius 3 is 2.60 bits per heavy atom. The minimum absolute atomic E-state index is 0.435. The van der Waals surface area contributed by atoms with Crippen LogP contribution in [-0.4, -0.2) is 22.3 Å². The number of hydrogen-bond donors (Lipinski definition) is 1. The molecule has 0 bridgehead atoms. The second-order valence-electron chi connectivity index (χ2n) is 7.10. The molecule has 0 amide bonds. The molecule has 2 heterocycles. The summed E-state index contributed by atoms with van der Waals surface area (Å²) in [5.74, 6) is 1.40. The number of aromatic nitrogens is 3. The second kappa shape index (κ2) is 7.37. The van der Waals surface area contributed by atoms with Gasteiger partial charge in [0.2, 0.25) is 0 Å². The van der Waals surface area contributed by atoms with E-state index in [-0.39, 0.29) is 0 Å². The molecule has 0 unspecified atom stereocenters. The van der Waals surface area contributed by atoms with E-state index in [0.29, 0.717) is 23.7 Å². The van der Waals surface area contributed by atoms with Crippen LogP contribution in [0.15, 0.2) is 60.9 Å². The van der Waals surface area contributed by atoms with Gasteiger partial charge in [0.15, 0.2) is 11.5 Å². The number of H-pyrrole nitrogens is 1. The molecule has 1 aliphatic rings. The monoisotopic (exact) mass is 394 g/mol. The van der Waals surface area contributed by atoms with Crippen molar-refractivity contribution in [2.24, 2.45) is 0 Å². The summed E-state index contributed by atoms with van der Waals surface area (Å²) in [6, 6.07) is 17.5. The average Bonchev–Trinajstić information content (AvgIpc) is 3.37. The normalized spacial score (nSPS) is 11.5. The Hall–Kier alpha value is -4.11. The van der Waals surface area contributed by atoms with Crippen LogP contribution < -0.4 is 9.47 Å². The lowest BCUT2D eigenvalue weighted by Crippen LogP contribution is -1.99. The van der Waals surface area contributed by atoms with Crippen molar-refractivity contribution < 1.29 is 9.47 Å². The van der Waals surface area contributed by atoms with Gasteiger partial charge in [-0.2, -0.15) is 10.4 Å². The summed E-state index contributed by atoms with van der Waals surface area (Å²) in [6.45, 7) is 0.435. The zero-order valence-corrected chi connectivity index (χ0v) is 16.3. The number of benzene rings is 2. The molecule has 0 atom stereocenters. The predicted molar refractivity (Wildman–Crippen MR) is 112 cm³/mol. The Kier molecular flexibility index (Phi) is 4.41. The Bertz CT molecular complexity index is 1260. The standard InChI is InChI=1S/C24H18N4O2/c1-29-21-11-18-10-20-23(17-4-2-15(13-25)3-5-17)27-28-24(20)19(18)12-22(21)30-14-16-6-8-26-9-7-16/h2-9,11-12H,10,14H2,1H3,(H,27,28). The Balaban J connectivity index is 1.48. The number of hydrogen-bond acceptors (Lipinski definition) is 5. The van der Waals surface area contributed by atoms with E-state index in [1.165, 1.54) is 5.56 Å². The van der Waals surface area contributed by atoms with E-state index >= 15 is 0 Å². The maximum Gasteiger partial charge on any atom is 0.162 e. The molecule has 6 nitrogen and oxygen atoms in total. The number of pyridine rings is 1. The van der Waals surface area contributed by atoms with E-state index in [1.54, 1.807) is 19.5 Å². The summed E-state index contributed by atoms with van der Waals surface area (Å²) >= 11 is 0. The molecule has 0 aliphatic heterocycles. The van der Waals surface area contributed by atoms with Gasteiger partial charge >= 0.3 is 0 Å². The first-order valence-electron chi connectivity index (χ1n) is 9.57. The highest BCUT2D eigenvalue weighted by Gasteiger charge is 2.27. The predicted octanol–water partition coefficient (Wildman–Crippen LogP) is 4.50. The fraction of sp³-hybridized carbons (Fsp3) is 0.125. The van der Waals surface area contributed by atoms with Crippen LogP contribution in [0.5, 0.6) is 11.5 Å². The molecule has 0 radical (unpaired) electrons. The Morgan fingerprint density at radius 2 is 1.87 bits per heavy atom. The SMILES string of the molecule is COc1cc2c(cc1OCc1ccncc1)-c1[nH]nc(-c3ccc(C#N)cc3)c1C2. The van der Waals surface area contributed by atoms with Crippen molar-refractivity contribution in [2.75, 3.05) is 7.11 Å². The number of nitrogens with zero attached hydrogens (tertiary/aromatic N) is 3. The van der Waals surface area contributed by atoms with Gasteiger partial charge in [-0.05, 0) is 47.5 Å². The van der Waals surface area contributed by atoms with Crippen LogP contribution in [0.25, 0.3) is 22.5 Å². The van der Waals surface area contributed by atoms with Crippen LogP contribution in [-0.2, 0) is 13.0 Å². The van der Waals surface area contributed by atoms with Crippen molar-refractivity contribution in [3.63, 3.8) is 0 Å². The van der Waals surface area contributed by atoms with Gasteiger partial charge in [0.1, 0.15) is 6.61 Å². The molecule has 1 N–H and O–H groups in total. The molecule has 30 heavy (non-hydrogen) atoms. The number of ether oxygens (including phenoxy) is 2. The van der Waals surface area contributed by atoms with Gasteiger partial charge in [-0.3, -0.25) is 10.1 Å². The van der Waals surface area contributed by atoms with E-state index in [0.717, 1.165) is 40.1 Å². The molecule has 0 spiro atoms. The third kappa shape index (κ3) is 3.07. The molecular formula is C24H18N4O2. The maximum absolute atomic E-state index is 9.03. The zero-order chi connectivity index (χ0) is 20.5. The van der Waals surface area contributed by atoms with Gasteiger partial charge in [-0.15, -0.1) is 0 Å². The Labute approximate surface area is 173 Å². The van der Waals surface area contributed by atoms with E-state index in [1.807, 2.05) is 48.5 Å². The van der Waals surface area contributed by atoms with Crippen LogP contribution in [0.1, 0.15) is 22.3 Å². The van der Waals surface area contributed by atoms with Crippen molar-refractivity contribution in [2.45, 2.75) is 13.0 Å². The molecule has 5 rings (SSSR count). The second-order valence-corrected chi connectivity index (χ2v) is 7.10. The van der Waals surface area contributed by atoms with Crippen molar-refractivity contribution >= 4 is 0 Å². The number of nitriles is 1. The van der Waals surface area contributed by atoms with E-state index in [4.69, 9.17) is 14.7 Å². The first-order valence-corrected chi connectivity index (χ1v) is 9.57. The number of aromatic amines is 1. The topological polar surface area (TPSA) is 83.8 Å². The summed E-state index contributed by atoms with van der Waals surface area (Å²) in [5.41, 5.74) is 7.95. The summed E-state index contributed by atoms with van der Waals surface area (Å²) in [5, 5.41) is 16.8. The van der Waals surface area contributed by atoms with Crippen LogP contribution in [0.2, 0.25) is 0 Å². The number of fused-ring (bicyclic) bond motifs is 3. The number of nitrogens with one attached hydrogen (secondary N) is 1. The minimum Gasteiger partial charge on any atom is -0.493 e. The molecule has 0 saturated heterocycles. The van der Waals surface area contributed by atoms with Crippen LogP contribution in [0.3, 0.4) is 0 Å². The molecule has 0 saturated carbocycles. The zero-order valence-electron chi connectivity index (χ0n) is 16.3. The summed E-state index contributed by atoms with van der Waals surface area (Å²) in [6.07, 6.45) is 4.26. The van der Waals surface area contributed by atoms with E-state index < -0.39 is 0 Å². The van der Waals surface area contributed by atoms with Crippen LogP contribution >= 0.6 is 0 Å². The first-order chi connectivity index (χ1) is 14.8. The maximum atomic E-state index is 9.03. The van der Waals surface area contributed by atoms with Gasteiger partial charge < -0.3 is 9.47 Å². The van der Waals surface area contributed by atoms with Crippen molar-refractivity contribution in [1.82, 2.24) is 15.2 Å². The smallest absolute Gasteiger partial charge is 0.162 e. The average molecular weight is 394 g/mol. The molecule has 2 aromatic heterocycles. The highest BCUT2D eigenvalue weighted by atomic mass is 16.5. The quantitative estimate of drug-likeness (QED) is 0.474. The summed E-state index contributed by atoms with van der Waals surface area (Å²) in [4.78, 5) is 4.04. The molecule has 0 fully saturated rings. The van der Waals surface area contributed by atoms with E-state index in [2.05, 4.69) is 21.3 Å². The number of rotatable bonds is 5. The highest BCUT2D eigenvalue weighted by Crippen LogP contribution is 2.44. The minimum atomic E-state index is 0.435. The lowest BCUT2D eigenvalue weighted by atomic mass is 10.0. The van der Waals surface area contributed by atoms with Gasteiger partial charge in [0.25, 0.3) is 0 Å². The van der Waals surface area contributed by atoms with Crippen molar-refractivity contribution in [3.05, 3.63) is 83.2 Å². The number of methoxy groups -OCH3 is 1. The molecule has 1 aliphatic carbocycles. The lowest BCUT2D eigenvalue weighted by Gasteiger charge is -2.13. The van der Waals surface area contributed by atoms with Crippen molar-refractivity contribution in [3.8, 4) is 40.1 Å². The summed E-state index contributed by atoms with van der Waals surface area (Å²) in [7, 11) is 1.65. The fourth-order valence-corrected chi connectivity index (χ4v) is 3.79. The van der Waals surface area contributed by atoms with Crippen LogP contribution in [0.4, 0.5) is 0 Å². The third-order valence-electron chi connectivity index (χ3n) is 5.32. The fourth-order valence-electron chi connectivity index (χ4n) is 3.79. The third-order valence-corrected chi connectivity index (χ3v) is 5.32. The summed E-state index contributed by atoms with van der Waals surface area (Å²) < 4.78 is 11.6. The van der Waals surface area contributed by atoms with Gasteiger partial charge in [-0.25, -0.2) is 0 Å². The first kappa shape index (κ1) is 18.0. The Morgan fingerprint density at radius 1 is 1.07 bits per heavy atom. The largest absolute Gasteiger partial charge is 0.493 e. The molecular weight excluding hydrogens is 376 g/mol. The van der Waals surface area contributed by atoms with Crippen LogP contribution in [0, 0.1) is 11.3 Å². The van der Waals surface area contributed by atoms with Gasteiger partial charge in [0.05, 0.1) is 30.1 Å². The molecule has 2 aromatic carbocycles. The van der Waals surface area contributed by atoms with Gasteiger partial charge in [0, 0.05) is 35.5 Å². The molecule has 6 heteroatoms. The highest BCUT2D eigenvalue weighted by molar-refractivity contribution is 5.82. The van der Waals surface area contributed by atoms with Gasteiger partial charge in [-0.1, -0.05) is 12.1 Å². The van der Waals surface area contributed by atoms with Crippen molar-refractivity contribution in [1.29, 1.82) is 5.26 Å².